The molecular weight excluding hydrogens is 382 g/mol. The first-order valence-corrected chi connectivity index (χ1v) is 7.98. The molecule has 0 amide bonds. The Morgan fingerprint density at radius 1 is 1.35 bits per heavy atom. The number of thiocarbonyl (C=S) groups is 1. The first-order chi connectivity index (χ1) is 7.99. The number of halogens is 2. The molecule has 1 aliphatic heterocycles. The zero-order valence-corrected chi connectivity index (χ0v) is 14.2. The van der Waals surface area contributed by atoms with Crippen LogP contribution in [0.15, 0.2) is 38.2 Å². The fraction of sp³-hybridized carbons (Fsp3) is 0.250. The number of thioether (sulfide) groups is 1. The molecule has 17 heavy (non-hydrogen) atoms. The first-order valence-electron chi connectivity index (χ1n) is 5.05. The van der Waals surface area contributed by atoms with Crippen LogP contribution in [0, 0.1) is 0 Å². The second-order valence-corrected chi connectivity index (χ2v) is 7.20. The maximum absolute atomic E-state index is 5.19. The largest absolute Gasteiger partial charge is 0.323 e. The monoisotopic (exact) mass is 391 g/mol. The minimum atomic E-state index is -0.203. The Balaban J connectivity index is 2.59. The normalized spacial score (nSPS) is 23.8. The summed E-state index contributed by atoms with van der Waals surface area (Å²) in [6.45, 7) is 4.23. The molecule has 1 aromatic carbocycles. The average molecular weight is 393 g/mol. The summed E-state index contributed by atoms with van der Waals surface area (Å²) in [4.78, 5) is 2.05. The van der Waals surface area contributed by atoms with Gasteiger partial charge in [-0.15, -0.1) is 0 Å². The van der Waals surface area contributed by atoms with Crippen LogP contribution in [-0.2, 0) is 0 Å². The highest BCUT2D eigenvalue weighted by Crippen LogP contribution is 2.47. The van der Waals surface area contributed by atoms with E-state index in [0.717, 1.165) is 14.6 Å². The van der Waals surface area contributed by atoms with Crippen molar-refractivity contribution in [1.29, 1.82) is 0 Å². The van der Waals surface area contributed by atoms with Gasteiger partial charge in [-0.1, -0.05) is 30.0 Å². The molecule has 0 spiro atoms. The van der Waals surface area contributed by atoms with Crippen LogP contribution in [0.1, 0.15) is 13.8 Å². The molecule has 0 saturated carbocycles. The lowest BCUT2D eigenvalue weighted by Crippen LogP contribution is -2.40. The van der Waals surface area contributed by atoms with Gasteiger partial charge in [0.05, 0.1) is 5.69 Å². The van der Waals surface area contributed by atoms with Crippen molar-refractivity contribution in [2.45, 2.75) is 18.7 Å². The highest BCUT2D eigenvalue weighted by atomic mass is 79.9. The van der Waals surface area contributed by atoms with Crippen molar-refractivity contribution in [3.05, 3.63) is 38.2 Å². The van der Waals surface area contributed by atoms with Gasteiger partial charge in [0.2, 0.25) is 0 Å². The van der Waals surface area contributed by atoms with E-state index in [-0.39, 0.29) is 4.87 Å². The maximum atomic E-state index is 5.19. The molecule has 0 radical (unpaired) electrons. The quantitative estimate of drug-likeness (QED) is 0.625. The summed E-state index contributed by atoms with van der Waals surface area (Å²) in [6, 6.07) is 6.09. The topological polar surface area (TPSA) is 3.24 Å². The summed E-state index contributed by atoms with van der Waals surface area (Å²) in [5, 5.41) is 3.96. The Morgan fingerprint density at radius 2 is 1.94 bits per heavy atom. The van der Waals surface area contributed by atoms with Crippen molar-refractivity contribution < 1.29 is 0 Å². The first kappa shape index (κ1) is 13.6. The molecule has 1 atom stereocenters. The van der Waals surface area contributed by atoms with E-state index < -0.39 is 0 Å². The summed E-state index contributed by atoms with van der Waals surface area (Å²) in [5.74, 6) is 0. The fourth-order valence-corrected chi connectivity index (χ4v) is 4.38. The predicted octanol–water partition coefficient (Wildman–Crippen LogP) is 5.34. The van der Waals surface area contributed by atoms with Gasteiger partial charge in [-0.3, -0.25) is 0 Å². The summed E-state index contributed by atoms with van der Waals surface area (Å²) in [6.07, 6.45) is 0. The number of nitrogens with zero attached hydrogens (tertiary/aromatic N) is 1. The molecule has 0 fully saturated rings. The van der Waals surface area contributed by atoms with Gasteiger partial charge in [0.1, 0.15) is 4.87 Å². The molecule has 2 rings (SSSR count). The molecule has 0 aromatic heterocycles. The third-order valence-corrected chi connectivity index (χ3v) is 5.77. The van der Waals surface area contributed by atoms with Crippen LogP contribution in [0.5, 0.6) is 0 Å². The van der Waals surface area contributed by atoms with E-state index in [2.05, 4.69) is 56.0 Å². The molecule has 5 heteroatoms. The van der Waals surface area contributed by atoms with Crippen molar-refractivity contribution in [2.75, 3.05) is 4.90 Å². The van der Waals surface area contributed by atoms with Crippen molar-refractivity contribution >= 4 is 66.9 Å². The molecular formula is C12H11Br2NS2. The Kier molecular flexibility index (Phi) is 4.02. The summed E-state index contributed by atoms with van der Waals surface area (Å²) in [5.41, 5.74) is 2.32. The number of allylic oxidation sites excluding steroid dienone is 1. The standard InChI is InChI=1S/C12H11Br2NS2/c1-8-6-17-12(2,7-16)15(8)11-9(13)4-3-5-10(11)14/h3-7H,1-2H3. The lowest BCUT2D eigenvalue weighted by molar-refractivity contribution is 0.832. The zero-order chi connectivity index (χ0) is 12.6. The molecule has 1 aliphatic rings. The molecule has 1 heterocycles. The van der Waals surface area contributed by atoms with Crippen LogP contribution in [0.25, 0.3) is 0 Å². The number of benzene rings is 1. The highest BCUT2D eigenvalue weighted by Gasteiger charge is 2.37. The Hall–Kier alpha value is 0.160. The van der Waals surface area contributed by atoms with E-state index in [4.69, 9.17) is 12.2 Å². The van der Waals surface area contributed by atoms with Crippen LogP contribution >= 0.6 is 55.8 Å². The van der Waals surface area contributed by atoms with E-state index in [1.165, 1.54) is 5.70 Å². The second-order valence-electron chi connectivity index (χ2n) is 3.96. The van der Waals surface area contributed by atoms with Crippen molar-refractivity contribution in [1.82, 2.24) is 0 Å². The molecule has 1 aromatic rings. The lowest BCUT2D eigenvalue weighted by atomic mass is 10.2. The van der Waals surface area contributed by atoms with E-state index in [1.54, 1.807) is 11.8 Å². The van der Waals surface area contributed by atoms with Crippen LogP contribution in [0.4, 0.5) is 5.69 Å². The molecule has 0 bridgehead atoms. The van der Waals surface area contributed by atoms with Crippen molar-refractivity contribution in [2.24, 2.45) is 0 Å². The van der Waals surface area contributed by atoms with Gasteiger partial charge in [-0.05, 0) is 63.2 Å². The number of hydrogen-bond donors (Lipinski definition) is 0. The van der Waals surface area contributed by atoms with Gasteiger partial charge in [0.15, 0.2) is 0 Å². The van der Waals surface area contributed by atoms with Crippen molar-refractivity contribution in [3.63, 3.8) is 0 Å². The zero-order valence-electron chi connectivity index (χ0n) is 9.41. The number of rotatable bonds is 2. The Labute approximate surface area is 128 Å². The molecule has 1 nitrogen and oxygen atoms in total. The van der Waals surface area contributed by atoms with Crippen LogP contribution in [0.3, 0.4) is 0 Å². The van der Waals surface area contributed by atoms with Gasteiger partial charge in [0.25, 0.3) is 0 Å². The third kappa shape index (κ3) is 2.35. The number of hydrogen-bond acceptors (Lipinski definition) is 3. The van der Waals surface area contributed by atoms with E-state index in [1.807, 2.05) is 23.6 Å². The van der Waals surface area contributed by atoms with Gasteiger partial charge in [-0.25, -0.2) is 0 Å². The van der Waals surface area contributed by atoms with E-state index in [9.17, 15) is 0 Å². The summed E-state index contributed by atoms with van der Waals surface area (Å²) < 4.78 is 2.12. The van der Waals surface area contributed by atoms with Gasteiger partial charge >= 0.3 is 0 Å². The van der Waals surface area contributed by atoms with Gasteiger partial charge < -0.3 is 4.90 Å². The van der Waals surface area contributed by atoms with Crippen LogP contribution in [0.2, 0.25) is 0 Å². The third-order valence-electron chi connectivity index (χ3n) is 2.64. The highest BCUT2D eigenvalue weighted by molar-refractivity contribution is 9.11. The van der Waals surface area contributed by atoms with E-state index >= 15 is 0 Å². The lowest BCUT2D eigenvalue weighted by Gasteiger charge is -2.35. The summed E-state index contributed by atoms with van der Waals surface area (Å²) >= 11 is 14.1. The Bertz CT molecular complexity index is 481. The van der Waals surface area contributed by atoms with Gasteiger partial charge in [-0.2, -0.15) is 0 Å². The molecule has 90 valence electrons. The number of para-hydroxylation sites is 1. The Morgan fingerprint density at radius 3 is 2.47 bits per heavy atom. The molecule has 0 saturated heterocycles. The minimum Gasteiger partial charge on any atom is -0.323 e. The number of anilines is 1. The van der Waals surface area contributed by atoms with Gasteiger partial charge in [0, 0.05) is 20.0 Å². The molecule has 1 unspecified atom stereocenters. The predicted molar refractivity (Wildman–Crippen MR) is 87.7 cm³/mol. The second kappa shape index (κ2) is 5.03. The minimum absolute atomic E-state index is 0.203. The molecule has 0 N–H and O–H groups in total. The maximum Gasteiger partial charge on any atom is 0.120 e. The van der Waals surface area contributed by atoms with Crippen molar-refractivity contribution in [3.8, 4) is 0 Å². The molecule has 0 aliphatic carbocycles. The SMILES string of the molecule is CC1=CSC(C)(C=S)N1c1c(Br)cccc1Br. The van der Waals surface area contributed by atoms with Crippen LogP contribution in [-0.4, -0.2) is 10.2 Å². The van der Waals surface area contributed by atoms with Crippen LogP contribution < -0.4 is 4.90 Å². The summed E-state index contributed by atoms with van der Waals surface area (Å²) in [7, 11) is 0. The smallest absolute Gasteiger partial charge is 0.120 e. The van der Waals surface area contributed by atoms with E-state index in [0.29, 0.717) is 0 Å². The fourth-order valence-electron chi connectivity index (χ4n) is 1.84. The average Bonchev–Trinajstić information content (AvgIpc) is 2.58.